The Morgan fingerprint density at radius 2 is 1.75 bits per heavy atom. The summed E-state index contributed by atoms with van der Waals surface area (Å²) < 4.78 is 65.6. The first kappa shape index (κ1) is 19.3. The monoisotopic (exact) mass is 379 g/mol. The van der Waals surface area contributed by atoms with Crippen molar-refractivity contribution in [3.63, 3.8) is 0 Å². The van der Waals surface area contributed by atoms with Crippen molar-refractivity contribution in [1.82, 2.24) is 13.9 Å². The minimum atomic E-state index is -3.87. The van der Waals surface area contributed by atoms with Crippen molar-refractivity contribution in [2.24, 2.45) is 0 Å². The number of rotatable bonds is 6. The summed E-state index contributed by atoms with van der Waals surface area (Å²) in [4.78, 5) is 1.95. The van der Waals surface area contributed by atoms with E-state index < -0.39 is 25.9 Å². The number of hydrogen-bond donors (Lipinski definition) is 1. The molecule has 0 bridgehead atoms. The fourth-order valence-electron chi connectivity index (χ4n) is 2.37. The van der Waals surface area contributed by atoms with Gasteiger partial charge in [-0.15, -0.1) is 0 Å². The molecule has 1 N–H and O–H groups in total. The van der Waals surface area contributed by atoms with E-state index in [4.69, 9.17) is 0 Å². The molecule has 1 aromatic carbocycles. The van der Waals surface area contributed by atoms with E-state index in [0.29, 0.717) is 26.2 Å². The first-order chi connectivity index (χ1) is 11.1. The van der Waals surface area contributed by atoms with E-state index in [9.17, 15) is 21.2 Å². The zero-order valence-corrected chi connectivity index (χ0v) is 15.3. The molecule has 0 aliphatic carbocycles. The molecule has 1 aliphatic rings. The minimum absolute atomic E-state index is 0.0848. The van der Waals surface area contributed by atoms with E-state index in [1.807, 2.05) is 11.9 Å². The highest BCUT2D eigenvalue weighted by atomic mass is 32.2. The predicted molar refractivity (Wildman–Crippen MR) is 89.2 cm³/mol. The molecule has 1 aliphatic heterocycles. The number of aryl methyl sites for hydroxylation is 1. The number of halogens is 1. The molecule has 24 heavy (non-hydrogen) atoms. The van der Waals surface area contributed by atoms with E-state index in [2.05, 4.69) is 4.72 Å². The van der Waals surface area contributed by atoms with Crippen LogP contribution in [-0.4, -0.2) is 71.6 Å². The van der Waals surface area contributed by atoms with Crippen molar-refractivity contribution in [1.29, 1.82) is 0 Å². The number of hydrogen-bond acceptors (Lipinski definition) is 5. The quantitative estimate of drug-likeness (QED) is 0.751. The molecule has 10 heteroatoms. The summed E-state index contributed by atoms with van der Waals surface area (Å²) in [6.45, 7) is 3.35. The molecule has 1 fully saturated rings. The van der Waals surface area contributed by atoms with Gasteiger partial charge in [-0.05, 0) is 37.7 Å². The van der Waals surface area contributed by atoms with Gasteiger partial charge in [-0.25, -0.2) is 25.9 Å². The van der Waals surface area contributed by atoms with Crippen LogP contribution < -0.4 is 4.72 Å². The number of benzene rings is 1. The molecular formula is C14H22FN3O4S2. The molecule has 2 rings (SSSR count). The molecule has 1 aromatic rings. The van der Waals surface area contributed by atoms with Crippen molar-refractivity contribution in [3.05, 3.63) is 29.6 Å². The summed E-state index contributed by atoms with van der Waals surface area (Å²) in [5.41, 5.74) is 0.211. The van der Waals surface area contributed by atoms with Crippen LogP contribution in [0.4, 0.5) is 4.39 Å². The number of nitrogens with one attached hydrogen (secondary N) is 1. The van der Waals surface area contributed by atoms with Gasteiger partial charge in [0.25, 0.3) is 0 Å². The van der Waals surface area contributed by atoms with Crippen LogP contribution in [-0.2, 0) is 20.0 Å². The van der Waals surface area contributed by atoms with Gasteiger partial charge in [0.1, 0.15) is 5.82 Å². The highest BCUT2D eigenvalue weighted by Crippen LogP contribution is 2.14. The third-order valence-electron chi connectivity index (χ3n) is 3.95. The van der Waals surface area contributed by atoms with Crippen molar-refractivity contribution in [2.45, 2.75) is 11.8 Å². The largest absolute Gasteiger partial charge is 0.304 e. The van der Waals surface area contributed by atoms with E-state index in [-0.39, 0.29) is 22.8 Å². The Morgan fingerprint density at radius 1 is 1.12 bits per heavy atom. The van der Waals surface area contributed by atoms with Crippen LogP contribution in [0, 0.1) is 12.7 Å². The van der Waals surface area contributed by atoms with Gasteiger partial charge < -0.3 is 4.90 Å². The summed E-state index contributed by atoms with van der Waals surface area (Å²) in [6.07, 6.45) is 0. The molecule has 0 aromatic heterocycles. The fourth-order valence-corrected chi connectivity index (χ4v) is 4.95. The number of nitrogens with zero attached hydrogens (tertiary/aromatic N) is 2. The van der Waals surface area contributed by atoms with Gasteiger partial charge in [0.05, 0.1) is 10.6 Å². The minimum Gasteiger partial charge on any atom is -0.304 e. The Labute approximate surface area is 142 Å². The Morgan fingerprint density at radius 3 is 2.33 bits per heavy atom. The number of likely N-dealkylation sites (N-methyl/N-ethyl adjacent to an activating group) is 1. The maximum absolute atomic E-state index is 13.2. The zero-order chi connectivity index (χ0) is 18.0. The standard InChI is InChI=1S/C14H22FN3O4S2/c1-12-11-13(3-4-14(12)15)24(21,22)16-5-10-23(19,20)18-8-6-17(2)7-9-18/h3-4,11,16H,5-10H2,1-2H3. The highest BCUT2D eigenvalue weighted by Gasteiger charge is 2.26. The highest BCUT2D eigenvalue weighted by molar-refractivity contribution is 7.90. The lowest BCUT2D eigenvalue weighted by Gasteiger charge is -2.31. The fraction of sp³-hybridized carbons (Fsp3) is 0.571. The normalized spacial score (nSPS) is 18.0. The van der Waals surface area contributed by atoms with Crippen molar-refractivity contribution < 1.29 is 21.2 Å². The smallest absolute Gasteiger partial charge is 0.240 e. The maximum Gasteiger partial charge on any atom is 0.240 e. The molecule has 1 heterocycles. The predicted octanol–water partition coefficient (Wildman–Crippen LogP) is -0.0104. The molecule has 1 saturated heterocycles. The van der Waals surface area contributed by atoms with Crippen LogP contribution in [0.15, 0.2) is 23.1 Å². The number of sulfonamides is 2. The van der Waals surface area contributed by atoms with Crippen molar-refractivity contribution in [2.75, 3.05) is 45.5 Å². The SMILES string of the molecule is Cc1cc(S(=O)(=O)NCCS(=O)(=O)N2CCN(C)CC2)ccc1F. The lowest BCUT2D eigenvalue weighted by molar-refractivity contribution is 0.222. The summed E-state index contributed by atoms with van der Waals surface area (Å²) >= 11 is 0. The summed E-state index contributed by atoms with van der Waals surface area (Å²) in [5.74, 6) is -0.803. The van der Waals surface area contributed by atoms with E-state index in [1.54, 1.807) is 0 Å². The van der Waals surface area contributed by atoms with Gasteiger partial charge in [-0.2, -0.15) is 4.31 Å². The third kappa shape index (κ3) is 4.73. The van der Waals surface area contributed by atoms with Crippen LogP contribution in [0.2, 0.25) is 0 Å². The van der Waals surface area contributed by atoms with Crippen LogP contribution in [0.25, 0.3) is 0 Å². The molecule has 0 unspecified atom stereocenters. The second kappa shape index (κ2) is 7.44. The zero-order valence-electron chi connectivity index (χ0n) is 13.7. The summed E-state index contributed by atoms with van der Waals surface area (Å²) in [7, 11) is -5.46. The topological polar surface area (TPSA) is 86.8 Å². The Hall–Kier alpha value is -1.07. The molecule has 0 saturated carbocycles. The van der Waals surface area contributed by atoms with Gasteiger partial charge in [-0.3, -0.25) is 0 Å². The molecule has 136 valence electrons. The molecule has 0 spiro atoms. The first-order valence-corrected chi connectivity index (χ1v) is 10.6. The Bertz CT molecular complexity index is 788. The molecule has 0 amide bonds. The van der Waals surface area contributed by atoms with Crippen molar-refractivity contribution in [3.8, 4) is 0 Å². The van der Waals surface area contributed by atoms with Gasteiger partial charge >= 0.3 is 0 Å². The maximum atomic E-state index is 13.2. The van der Waals surface area contributed by atoms with Gasteiger partial charge in [-0.1, -0.05) is 0 Å². The second-order valence-corrected chi connectivity index (χ2v) is 9.68. The Kier molecular flexibility index (Phi) is 5.97. The lowest BCUT2D eigenvalue weighted by Crippen LogP contribution is -2.48. The molecule has 0 radical (unpaired) electrons. The van der Waals surface area contributed by atoms with E-state index in [1.165, 1.54) is 17.3 Å². The van der Waals surface area contributed by atoms with E-state index >= 15 is 0 Å². The Balaban J connectivity index is 1.96. The summed E-state index contributed by atoms with van der Waals surface area (Å²) in [6, 6.07) is 3.44. The van der Waals surface area contributed by atoms with Crippen LogP contribution >= 0.6 is 0 Å². The average Bonchev–Trinajstić information content (AvgIpc) is 2.50. The lowest BCUT2D eigenvalue weighted by atomic mass is 10.2. The molecule has 0 atom stereocenters. The second-order valence-electron chi connectivity index (χ2n) is 5.83. The molecule has 7 nitrogen and oxygen atoms in total. The van der Waals surface area contributed by atoms with Crippen LogP contribution in [0.5, 0.6) is 0 Å². The first-order valence-electron chi connectivity index (χ1n) is 7.54. The molecular weight excluding hydrogens is 357 g/mol. The van der Waals surface area contributed by atoms with E-state index in [0.717, 1.165) is 12.1 Å². The van der Waals surface area contributed by atoms with Crippen LogP contribution in [0.1, 0.15) is 5.56 Å². The van der Waals surface area contributed by atoms with Gasteiger partial charge in [0, 0.05) is 32.7 Å². The summed E-state index contributed by atoms with van der Waals surface area (Å²) in [5, 5.41) is 0. The number of piperazine rings is 1. The van der Waals surface area contributed by atoms with Gasteiger partial charge in [0.15, 0.2) is 0 Å². The third-order valence-corrected chi connectivity index (χ3v) is 7.28. The van der Waals surface area contributed by atoms with Crippen LogP contribution in [0.3, 0.4) is 0 Å². The van der Waals surface area contributed by atoms with Crippen molar-refractivity contribution >= 4 is 20.0 Å². The van der Waals surface area contributed by atoms with Gasteiger partial charge in [0.2, 0.25) is 20.0 Å². The average molecular weight is 379 g/mol.